The van der Waals surface area contributed by atoms with Crippen LogP contribution in [0.2, 0.25) is 19.0 Å². The molecule has 1 aliphatic heterocycles. The van der Waals surface area contributed by atoms with Gasteiger partial charge in [0.1, 0.15) is 26.8 Å². The Morgan fingerprint density at radius 3 is 2.64 bits per heavy atom. The van der Waals surface area contributed by atoms with E-state index in [2.05, 4.69) is 26.6 Å². The van der Waals surface area contributed by atoms with Gasteiger partial charge in [-0.2, -0.15) is 0 Å². The van der Waals surface area contributed by atoms with Gasteiger partial charge in [0.2, 0.25) is 0 Å². The topological polar surface area (TPSA) is 0 Å². The zero-order valence-electron chi connectivity index (χ0n) is 7.25. The Kier molecular flexibility index (Phi) is 4.05. The van der Waals surface area contributed by atoms with Crippen molar-refractivity contribution in [3.8, 4) is 0 Å². The Labute approximate surface area is 75.3 Å². The molecule has 0 nitrogen and oxygen atoms in total. The van der Waals surface area contributed by atoms with E-state index >= 15 is 0 Å². The maximum Gasteiger partial charge on any atom is 0.139 e. The van der Waals surface area contributed by atoms with Crippen LogP contribution in [0.4, 0.5) is 0 Å². The third-order valence-corrected chi connectivity index (χ3v) is 4.38. The van der Waals surface area contributed by atoms with E-state index in [0.717, 1.165) is 0 Å². The lowest BCUT2D eigenvalue weighted by Gasteiger charge is -2.29. The minimum Gasteiger partial charge on any atom is -0.389 e. The van der Waals surface area contributed by atoms with Crippen LogP contribution in [0.25, 0.3) is 0 Å². The summed E-state index contributed by atoms with van der Waals surface area (Å²) >= 11 is 0. The fourth-order valence-electron chi connectivity index (χ4n) is 1.24. The molecule has 0 amide bonds. The molecule has 0 spiro atoms. The van der Waals surface area contributed by atoms with Crippen LogP contribution in [0, 0.1) is 0 Å². The van der Waals surface area contributed by atoms with Crippen LogP contribution < -0.4 is 0 Å². The average molecular weight is 160 g/mol. The molecule has 0 bridgehead atoms. The lowest BCUT2D eigenvalue weighted by Crippen LogP contribution is -2.13. The third-order valence-electron chi connectivity index (χ3n) is 1.94. The highest BCUT2D eigenvalue weighted by atomic mass is 32.3. The van der Waals surface area contributed by atoms with Crippen LogP contribution in [0.3, 0.4) is 0 Å². The summed E-state index contributed by atoms with van der Waals surface area (Å²) in [6.07, 6.45) is 6.12. The SMILES string of the molecule is [B]S1([B]CCCC)[B]CC[B]1. The van der Waals surface area contributed by atoms with Gasteiger partial charge < -0.3 is 9.43 Å². The summed E-state index contributed by atoms with van der Waals surface area (Å²) < 4.78 is 0. The van der Waals surface area contributed by atoms with E-state index < -0.39 is 9.43 Å². The summed E-state index contributed by atoms with van der Waals surface area (Å²) in [6.45, 7) is 9.13. The molecule has 55 valence electrons. The molecule has 5 heteroatoms. The molecule has 0 aliphatic carbocycles. The van der Waals surface area contributed by atoms with Crippen LogP contribution in [-0.4, -0.2) is 26.8 Å². The van der Waals surface area contributed by atoms with E-state index in [1.165, 1.54) is 31.8 Å². The van der Waals surface area contributed by atoms with Crippen molar-refractivity contribution in [3.63, 3.8) is 0 Å². The van der Waals surface area contributed by atoms with Gasteiger partial charge in [-0.15, -0.1) is 0 Å². The molecule has 0 saturated carbocycles. The fourth-order valence-corrected chi connectivity index (χ4v) is 3.31. The summed E-state index contributed by atoms with van der Waals surface area (Å²) in [6, 6.07) is 0. The Morgan fingerprint density at radius 1 is 1.45 bits per heavy atom. The summed E-state index contributed by atoms with van der Waals surface area (Å²) in [7, 11) is 5.17. The summed E-state index contributed by atoms with van der Waals surface area (Å²) in [4.78, 5) is 0. The van der Waals surface area contributed by atoms with Gasteiger partial charge in [-0.25, -0.2) is 0 Å². The van der Waals surface area contributed by atoms with Crippen LogP contribution >= 0.6 is 9.43 Å². The predicted octanol–water partition coefficient (Wildman–Crippen LogP) is 1.80. The molecule has 0 aromatic rings. The molecule has 0 atom stereocenters. The lowest BCUT2D eigenvalue weighted by molar-refractivity contribution is 0.882. The molecule has 1 saturated heterocycles. The molecule has 11 heavy (non-hydrogen) atoms. The van der Waals surface area contributed by atoms with Gasteiger partial charge in [-0.3, -0.25) is 0 Å². The number of rotatable bonds is 4. The second-order valence-corrected chi connectivity index (χ2v) is 5.67. The first-order valence-electron chi connectivity index (χ1n) is 4.37. The molecular formula is C6H13B4S. The molecule has 0 N–H and O–H groups in total. The fraction of sp³-hybridized carbons (Fsp3) is 1.00. The minimum absolute atomic E-state index is 0.951. The quantitative estimate of drug-likeness (QED) is 0.435. The number of hydrogen-bond acceptors (Lipinski definition) is 0. The second-order valence-electron chi connectivity index (χ2n) is 3.04. The Bertz CT molecular complexity index is 113. The Morgan fingerprint density at radius 2 is 2.09 bits per heavy atom. The van der Waals surface area contributed by atoms with Crippen molar-refractivity contribution in [2.45, 2.75) is 38.7 Å². The van der Waals surface area contributed by atoms with Crippen molar-refractivity contribution in [3.05, 3.63) is 0 Å². The Hall–Kier alpha value is 0.610. The van der Waals surface area contributed by atoms with E-state index in [-0.39, 0.29) is 0 Å². The van der Waals surface area contributed by atoms with Gasteiger partial charge in [0.15, 0.2) is 0 Å². The molecule has 0 aromatic carbocycles. The Balaban J connectivity index is 2.13. The molecule has 1 aliphatic rings. The van der Waals surface area contributed by atoms with E-state index in [4.69, 9.17) is 7.12 Å². The maximum atomic E-state index is 6.12. The van der Waals surface area contributed by atoms with Crippen molar-refractivity contribution in [1.82, 2.24) is 0 Å². The zero-order valence-corrected chi connectivity index (χ0v) is 8.07. The standard InChI is InChI=1S/C6H13B4S/c1-2-3-4-8-11(7)9-5-6-10-11/h2-6H2,1H3. The van der Waals surface area contributed by atoms with E-state index in [1.807, 2.05) is 0 Å². The van der Waals surface area contributed by atoms with Crippen molar-refractivity contribution >= 4 is 36.2 Å². The third kappa shape index (κ3) is 3.23. The molecule has 1 fully saturated rings. The summed E-state index contributed by atoms with van der Waals surface area (Å²) in [5, 5.41) is 0. The average Bonchev–Trinajstić information content (AvgIpc) is 2.38. The number of hydrogen-bond donors (Lipinski definition) is 0. The summed E-state index contributed by atoms with van der Waals surface area (Å²) in [5.41, 5.74) is 0. The van der Waals surface area contributed by atoms with Crippen molar-refractivity contribution < 1.29 is 0 Å². The normalized spacial score (nSPS) is 23.4. The van der Waals surface area contributed by atoms with Gasteiger partial charge in [0, 0.05) is 0 Å². The smallest absolute Gasteiger partial charge is 0.139 e. The highest BCUT2D eigenvalue weighted by Crippen LogP contribution is 2.45. The van der Waals surface area contributed by atoms with Crippen LogP contribution in [0.5, 0.6) is 0 Å². The number of unbranched alkanes of at least 4 members (excludes halogenated alkanes) is 1. The van der Waals surface area contributed by atoms with E-state index in [1.54, 1.807) is 0 Å². The molecule has 1 heterocycles. The first kappa shape index (κ1) is 9.70. The monoisotopic (exact) mass is 161 g/mol. The second kappa shape index (κ2) is 4.59. The summed E-state index contributed by atoms with van der Waals surface area (Å²) in [5.74, 6) is 0. The zero-order chi connectivity index (χ0) is 8.16. The molecule has 0 aromatic heterocycles. The first-order valence-corrected chi connectivity index (χ1v) is 6.26. The maximum absolute atomic E-state index is 6.12. The molecule has 5 radical (unpaired) electrons. The largest absolute Gasteiger partial charge is 0.389 e. The molecule has 0 unspecified atom stereocenters. The highest BCUT2D eigenvalue weighted by molar-refractivity contribution is 8.92. The van der Waals surface area contributed by atoms with Gasteiger partial charge >= 0.3 is 0 Å². The molecule has 1 rings (SSSR count). The van der Waals surface area contributed by atoms with Crippen molar-refractivity contribution in [2.75, 3.05) is 0 Å². The van der Waals surface area contributed by atoms with E-state index in [0.29, 0.717) is 0 Å². The van der Waals surface area contributed by atoms with Crippen molar-refractivity contribution in [2.24, 2.45) is 0 Å². The van der Waals surface area contributed by atoms with Crippen LogP contribution in [0.1, 0.15) is 19.8 Å². The predicted molar refractivity (Wildman–Crippen MR) is 59.9 cm³/mol. The van der Waals surface area contributed by atoms with Gasteiger partial charge in [-0.05, 0) is 0 Å². The van der Waals surface area contributed by atoms with Gasteiger partial charge in [-0.1, -0.05) is 38.7 Å². The molecular weight excluding hydrogens is 147 g/mol. The van der Waals surface area contributed by atoms with Crippen LogP contribution in [0.15, 0.2) is 0 Å². The van der Waals surface area contributed by atoms with Gasteiger partial charge in [0.25, 0.3) is 0 Å². The first-order chi connectivity index (χ1) is 5.27. The van der Waals surface area contributed by atoms with E-state index in [9.17, 15) is 0 Å². The van der Waals surface area contributed by atoms with Crippen LogP contribution in [-0.2, 0) is 0 Å². The minimum atomic E-state index is -0.951. The van der Waals surface area contributed by atoms with Crippen molar-refractivity contribution in [1.29, 1.82) is 0 Å². The lowest BCUT2D eigenvalue weighted by atomic mass is 9.91. The highest BCUT2D eigenvalue weighted by Gasteiger charge is 2.24. The van der Waals surface area contributed by atoms with Gasteiger partial charge in [0.05, 0.1) is 0 Å².